The van der Waals surface area contributed by atoms with Crippen LogP contribution in [0.3, 0.4) is 0 Å². The molecule has 0 saturated heterocycles. The maximum Gasteiger partial charge on any atom is 0.288 e. The van der Waals surface area contributed by atoms with Crippen LogP contribution in [0.2, 0.25) is 0 Å². The van der Waals surface area contributed by atoms with Gasteiger partial charge in [-0.1, -0.05) is 0 Å². The highest BCUT2D eigenvalue weighted by Crippen LogP contribution is 2.04. The molecular formula is C7H5NO2. The fraction of sp³-hybridized carbons (Fsp3) is 0.143. The van der Waals surface area contributed by atoms with Crippen LogP contribution >= 0.6 is 0 Å². The SMILES string of the molecule is CC1=CC(=C=O)C(=O)N=C1. The van der Waals surface area contributed by atoms with E-state index < -0.39 is 5.91 Å². The molecule has 50 valence electrons. The van der Waals surface area contributed by atoms with Gasteiger partial charge in [-0.3, -0.25) is 4.79 Å². The van der Waals surface area contributed by atoms with Crippen molar-refractivity contribution >= 4 is 18.1 Å². The third-order valence-electron chi connectivity index (χ3n) is 1.10. The Bertz CT molecular complexity index is 280. The van der Waals surface area contributed by atoms with E-state index in [9.17, 15) is 9.59 Å². The van der Waals surface area contributed by atoms with Gasteiger partial charge in [0.05, 0.1) is 0 Å². The number of nitrogens with zero attached hydrogens (tertiary/aromatic N) is 1. The number of dihydropyridines is 1. The lowest BCUT2D eigenvalue weighted by molar-refractivity contribution is -0.113. The molecule has 0 aromatic heterocycles. The predicted molar refractivity (Wildman–Crippen MR) is 36.5 cm³/mol. The standard InChI is InChI=1S/C7H5NO2/c1-5-2-6(4-9)7(10)8-3-5/h2-3H,1H3. The second kappa shape index (κ2) is 2.42. The molecule has 0 aliphatic carbocycles. The van der Waals surface area contributed by atoms with E-state index in [1.807, 2.05) is 0 Å². The molecule has 0 saturated carbocycles. The van der Waals surface area contributed by atoms with Crippen LogP contribution in [-0.4, -0.2) is 18.1 Å². The minimum Gasteiger partial charge on any atom is -0.266 e. The van der Waals surface area contributed by atoms with Gasteiger partial charge in [0.2, 0.25) is 0 Å². The largest absolute Gasteiger partial charge is 0.288 e. The molecule has 3 nitrogen and oxygen atoms in total. The number of hydrogen-bond donors (Lipinski definition) is 0. The van der Waals surface area contributed by atoms with E-state index in [-0.39, 0.29) is 5.57 Å². The molecule has 1 aliphatic rings. The monoisotopic (exact) mass is 135 g/mol. The van der Waals surface area contributed by atoms with Crippen molar-refractivity contribution < 1.29 is 9.59 Å². The second-order valence-electron chi connectivity index (χ2n) is 1.97. The van der Waals surface area contributed by atoms with Crippen LogP contribution in [-0.2, 0) is 9.59 Å². The van der Waals surface area contributed by atoms with Crippen molar-refractivity contribution in [3.05, 3.63) is 17.2 Å². The lowest BCUT2D eigenvalue weighted by Crippen LogP contribution is -2.03. The first-order valence-electron chi connectivity index (χ1n) is 2.76. The Labute approximate surface area is 57.8 Å². The zero-order valence-electron chi connectivity index (χ0n) is 5.42. The van der Waals surface area contributed by atoms with Crippen molar-refractivity contribution in [3.8, 4) is 0 Å². The van der Waals surface area contributed by atoms with E-state index in [1.165, 1.54) is 18.2 Å². The summed E-state index contributed by atoms with van der Waals surface area (Å²) in [5.74, 6) is 0.998. The maximum atomic E-state index is 10.6. The van der Waals surface area contributed by atoms with Gasteiger partial charge in [0.1, 0.15) is 11.5 Å². The van der Waals surface area contributed by atoms with E-state index in [0.717, 1.165) is 5.57 Å². The van der Waals surface area contributed by atoms with E-state index in [4.69, 9.17) is 0 Å². The molecule has 0 bridgehead atoms. The Balaban J connectivity index is 3.10. The minimum absolute atomic E-state index is 0.000000000000000222. The summed E-state index contributed by atoms with van der Waals surface area (Å²) in [7, 11) is 0. The summed E-state index contributed by atoms with van der Waals surface area (Å²) in [6.07, 6.45) is 2.88. The average molecular weight is 135 g/mol. The van der Waals surface area contributed by atoms with Gasteiger partial charge in [0.15, 0.2) is 0 Å². The summed E-state index contributed by atoms with van der Waals surface area (Å²) in [5.41, 5.74) is 0.790. The predicted octanol–water partition coefficient (Wildman–Crippen LogP) is 0.302. The summed E-state index contributed by atoms with van der Waals surface area (Å²) in [6, 6.07) is 0. The van der Waals surface area contributed by atoms with Crippen LogP contribution in [0.25, 0.3) is 0 Å². The van der Waals surface area contributed by atoms with E-state index in [1.54, 1.807) is 6.92 Å². The molecule has 1 amide bonds. The molecule has 1 aliphatic heterocycles. The molecule has 0 unspecified atom stereocenters. The van der Waals surface area contributed by atoms with Crippen molar-refractivity contribution in [2.24, 2.45) is 4.99 Å². The Morgan fingerprint density at radius 3 is 2.80 bits per heavy atom. The number of hydrogen-bond acceptors (Lipinski definition) is 2. The molecule has 0 atom stereocenters. The molecule has 0 fully saturated rings. The molecule has 0 aromatic carbocycles. The van der Waals surface area contributed by atoms with Gasteiger partial charge in [-0.25, -0.2) is 9.79 Å². The zero-order valence-corrected chi connectivity index (χ0v) is 5.42. The molecule has 1 heterocycles. The number of carbonyl (C=O) groups is 1. The normalized spacial score (nSPS) is 16.7. The Morgan fingerprint density at radius 1 is 1.60 bits per heavy atom. The van der Waals surface area contributed by atoms with Crippen LogP contribution in [0.4, 0.5) is 0 Å². The second-order valence-corrected chi connectivity index (χ2v) is 1.97. The first kappa shape index (κ1) is 6.65. The minimum atomic E-state index is -0.513. The number of amides is 1. The Morgan fingerprint density at radius 2 is 2.30 bits per heavy atom. The third kappa shape index (κ3) is 1.09. The number of rotatable bonds is 0. The fourth-order valence-electron chi connectivity index (χ4n) is 0.630. The highest BCUT2D eigenvalue weighted by atomic mass is 16.2. The molecule has 0 aromatic rings. The van der Waals surface area contributed by atoms with Crippen LogP contribution in [0, 0.1) is 0 Å². The van der Waals surface area contributed by atoms with Crippen LogP contribution in [0.1, 0.15) is 6.92 Å². The maximum absolute atomic E-state index is 10.6. The van der Waals surface area contributed by atoms with Gasteiger partial charge in [-0.05, 0) is 18.6 Å². The number of aliphatic imine (C=N–C) groups is 1. The van der Waals surface area contributed by atoms with Crippen molar-refractivity contribution in [1.82, 2.24) is 0 Å². The summed E-state index contributed by atoms with van der Waals surface area (Å²) < 4.78 is 0. The fourth-order valence-corrected chi connectivity index (χ4v) is 0.630. The van der Waals surface area contributed by atoms with Gasteiger partial charge in [-0.15, -0.1) is 0 Å². The lowest BCUT2D eigenvalue weighted by Gasteiger charge is -1.97. The van der Waals surface area contributed by atoms with Gasteiger partial charge in [-0.2, -0.15) is 0 Å². The summed E-state index contributed by atoms with van der Waals surface area (Å²) >= 11 is 0. The van der Waals surface area contributed by atoms with Gasteiger partial charge in [0, 0.05) is 6.21 Å². The van der Waals surface area contributed by atoms with E-state index in [2.05, 4.69) is 4.99 Å². The molecule has 10 heavy (non-hydrogen) atoms. The summed E-state index contributed by atoms with van der Waals surface area (Å²) in [6.45, 7) is 1.76. The van der Waals surface area contributed by atoms with E-state index >= 15 is 0 Å². The van der Waals surface area contributed by atoms with Crippen molar-refractivity contribution in [1.29, 1.82) is 0 Å². The zero-order chi connectivity index (χ0) is 7.56. The van der Waals surface area contributed by atoms with Crippen LogP contribution in [0.15, 0.2) is 22.2 Å². The lowest BCUT2D eigenvalue weighted by atomic mass is 10.1. The van der Waals surface area contributed by atoms with E-state index in [0.29, 0.717) is 0 Å². The smallest absolute Gasteiger partial charge is 0.266 e. The number of carbonyl (C=O) groups excluding carboxylic acids is 2. The summed E-state index contributed by atoms with van der Waals surface area (Å²) in [4.78, 5) is 24.1. The van der Waals surface area contributed by atoms with Gasteiger partial charge < -0.3 is 0 Å². The Kier molecular flexibility index (Phi) is 1.61. The first-order chi connectivity index (χ1) is 4.74. The third-order valence-corrected chi connectivity index (χ3v) is 1.10. The van der Waals surface area contributed by atoms with Gasteiger partial charge in [0.25, 0.3) is 5.91 Å². The molecular weight excluding hydrogens is 130 g/mol. The quantitative estimate of drug-likeness (QED) is 0.354. The molecule has 3 heteroatoms. The van der Waals surface area contributed by atoms with Gasteiger partial charge >= 0.3 is 0 Å². The Hall–Kier alpha value is -1.47. The van der Waals surface area contributed by atoms with Crippen LogP contribution < -0.4 is 0 Å². The summed E-state index contributed by atoms with van der Waals surface area (Å²) in [5, 5.41) is 0. The van der Waals surface area contributed by atoms with Crippen molar-refractivity contribution in [3.63, 3.8) is 0 Å². The molecule has 0 radical (unpaired) electrons. The molecule has 1 rings (SSSR count). The number of allylic oxidation sites excluding steroid dienone is 1. The highest BCUT2D eigenvalue weighted by molar-refractivity contribution is 6.11. The average Bonchev–Trinajstić information content (AvgIpc) is 1.94. The molecule has 0 spiro atoms. The first-order valence-corrected chi connectivity index (χ1v) is 2.76. The van der Waals surface area contributed by atoms with Crippen molar-refractivity contribution in [2.75, 3.05) is 0 Å². The molecule has 0 N–H and O–H groups in total. The highest BCUT2D eigenvalue weighted by Gasteiger charge is 2.09. The van der Waals surface area contributed by atoms with Crippen molar-refractivity contribution in [2.45, 2.75) is 6.92 Å². The topological polar surface area (TPSA) is 46.5 Å². The van der Waals surface area contributed by atoms with Crippen LogP contribution in [0.5, 0.6) is 0 Å².